The Morgan fingerprint density at radius 2 is 2.41 bits per heavy atom. The standard InChI is InChI=1S/C16H19N3O3/c1-21-13-4-2-3-12(9-13)10-16(20)19-7-8-22-11-15(19)14-5-6-17-18-14/h2-6,9,15H,7-8,10-11H2,1H3,(H,17,18)/t15-/m0/s1. The molecule has 1 fully saturated rings. The van der Waals surface area contributed by atoms with Crippen molar-refractivity contribution in [2.45, 2.75) is 12.5 Å². The van der Waals surface area contributed by atoms with Crippen LogP contribution in [-0.4, -0.2) is 47.9 Å². The van der Waals surface area contributed by atoms with Gasteiger partial charge in [-0.3, -0.25) is 9.89 Å². The number of H-pyrrole nitrogens is 1. The predicted molar refractivity (Wildman–Crippen MR) is 80.6 cm³/mol. The average molecular weight is 301 g/mol. The summed E-state index contributed by atoms with van der Waals surface area (Å²) in [7, 11) is 1.62. The largest absolute Gasteiger partial charge is 0.497 e. The van der Waals surface area contributed by atoms with E-state index in [1.165, 1.54) is 0 Å². The lowest BCUT2D eigenvalue weighted by atomic mass is 10.1. The maximum Gasteiger partial charge on any atom is 0.227 e. The Balaban J connectivity index is 1.74. The van der Waals surface area contributed by atoms with Crippen molar-refractivity contribution >= 4 is 5.91 Å². The molecular weight excluding hydrogens is 282 g/mol. The lowest BCUT2D eigenvalue weighted by Gasteiger charge is -2.35. The van der Waals surface area contributed by atoms with Crippen LogP contribution < -0.4 is 4.74 Å². The minimum atomic E-state index is -0.102. The van der Waals surface area contributed by atoms with E-state index in [0.717, 1.165) is 17.0 Å². The molecule has 1 saturated heterocycles. The number of benzene rings is 1. The molecule has 6 nitrogen and oxygen atoms in total. The fourth-order valence-corrected chi connectivity index (χ4v) is 2.67. The highest BCUT2D eigenvalue weighted by Gasteiger charge is 2.29. The van der Waals surface area contributed by atoms with Gasteiger partial charge in [0.1, 0.15) is 5.75 Å². The first-order chi connectivity index (χ1) is 10.8. The summed E-state index contributed by atoms with van der Waals surface area (Å²) in [6.45, 7) is 1.65. The van der Waals surface area contributed by atoms with E-state index >= 15 is 0 Å². The van der Waals surface area contributed by atoms with Gasteiger partial charge in [0.15, 0.2) is 0 Å². The van der Waals surface area contributed by atoms with Gasteiger partial charge in [-0.05, 0) is 23.8 Å². The average Bonchev–Trinajstić information content (AvgIpc) is 3.09. The third-order valence-corrected chi connectivity index (χ3v) is 3.82. The molecule has 0 radical (unpaired) electrons. The van der Waals surface area contributed by atoms with E-state index in [1.807, 2.05) is 35.2 Å². The maximum absolute atomic E-state index is 12.7. The minimum absolute atomic E-state index is 0.0798. The normalized spacial score (nSPS) is 18.2. The van der Waals surface area contributed by atoms with E-state index in [1.54, 1.807) is 13.3 Å². The zero-order valence-corrected chi connectivity index (χ0v) is 12.5. The molecule has 1 N–H and O–H groups in total. The van der Waals surface area contributed by atoms with Crippen molar-refractivity contribution < 1.29 is 14.3 Å². The highest BCUT2D eigenvalue weighted by atomic mass is 16.5. The SMILES string of the molecule is COc1cccc(CC(=O)N2CCOC[C@H]2c2ccn[nH]2)c1. The zero-order chi connectivity index (χ0) is 15.4. The number of rotatable bonds is 4. The quantitative estimate of drug-likeness (QED) is 0.930. The van der Waals surface area contributed by atoms with Crippen LogP contribution in [0.1, 0.15) is 17.3 Å². The van der Waals surface area contributed by atoms with E-state index in [-0.39, 0.29) is 11.9 Å². The van der Waals surface area contributed by atoms with Crippen LogP contribution >= 0.6 is 0 Å². The van der Waals surface area contributed by atoms with Gasteiger partial charge in [-0.25, -0.2) is 0 Å². The summed E-state index contributed by atoms with van der Waals surface area (Å²) in [5, 5.41) is 6.89. The Labute approximate surface area is 129 Å². The molecule has 3 rings (SSSR count). The predicted octanol–water partition coefficient (Wildman–Crippen LogP) is 1.56. The highest BCUT2D eigenvalue weighted by Crippen LogP contribution is 2.23. The topological polar surface area (TPSA) is 67.4 Å². The zero-order valence-electron chi connectivity index (χ0n) is 12.5. The molecule has 0 aliphatic carbocycles. The smallest absolute Gasteiger partial charge is 0.227 e. The molecule has 22 heavy (non-hydrogen) atoms. The number of hydrogen-bond acceptors (Lipinski definition) is 4. The Hall–Kier alpha value is -2.34. The first-order valence-corrected chi connectivity index (χ1v) is 7.27. The Kier molecular flexibility index (Phi) is 4.39. The van der Waals surface area contributed by atoms with Crippen LogP contribution in [0.4, 0.5) is 0 Å². The number of nitrogens with one attached hydrogen (secondary N) is 1. The van der Waals surface area contributed by atoms with Crippen molar-refractivity contribution in [1.29, 1.82) is 0 Å². The van der Waals surface area contributed by atoms with Crippen LogP contribution in [0.2, 0.25) is 0 Å². The summed E-state index contributed by atoms with van der Waals surface area (Å²) in [6, 6.07) is 9.37. The van der Waals surface area contributed by atoms with Gasteiger partial charge >= 0.3 is 0 Å². The van der Waals surface area contributed by atoms with E-state index in [2.05, 4.69) is 10.2 Å². The first kappa shape index (κ1) is 14.6. The molecule has 1 aromatic heterocycles. The van der Waals surface area contributed by atoms with Crippen LogP contribution in [0.5, 0.6) is 5.75 Å². The molecule has 2 heterocycles. The lowest BCUT2D eigenvalue weighted by molar-refractivity contribution is -0.139. The summed E-state index contributed by atoms with van der Waals surface area (Å²) in [5.41, 5.74) is 1.85. The number of nitrogens with zero attached hydrogens (tertiary/aromatic N) is 2. The van der Waals surface area contributed by atoms with Crippen LogP contribution in [-0.2, 0) is 16.0 Å². The molecule has 0 unspecified atom stereocenters. The molecule has 0 bridgehead atoms. The van der Waals surface area contributed by atoms with Crippen molar-refractivity contribution in [1.82, 2.24) is 15.1 Å². The van der Waals surface area contributed by atoms with Gasteiger partial charge in [-0.1, -0.05) is 12.1 Å². The second kappa shape index (κ2) is 6.62. The second-order valence-corrected chi connectivity index (χ2v) is 5.22. The van der Waals surface area contributed by atoms with Crippen LogP contribution in [0, 0.1) is 0 Å². The summed E-state index contributed by atoms with van der Waals surface area (Å²) in [5.74, 6) is 0.841. The summed E-state index contributed by atoms with van der Waals surface area (Å²) in [6.07, 6.45) is 2.04. The lowest BCUT2D eigenvalue weighted by Crippen LogP contribution is -2.44. The van der Waals surface area contributed by atoms with Crippen molar-refractivity contribution in [2.75, 3.05) is 26.9 Å². The molecule has 1 aromatic carbocycles. The van der Waals surface area contributed by atoms with E-state index in [0.29, 0.717) is 26.2 Å². The van der Waals surface area contributed by atoms with E-state index < -0.39 is 0 Å². The van der Waals surface area contributed by atoms with Gasteiger partial charge in [0.05, 0.1) is 38.5 Å². The molecule has 6 heteroatoms. The number of hydrogen-bond donors (Lipinski definition) is 1. The molecule has 1 atom stereocenters. The molecule has 0 spiro atoms. The van der Waals surface area contributed by atoms with Gasteiger partial charge < -0.3 is 14.4 Å². The second-order valence-electron chi connectivity index (χ2n) is 5.22. The third kappa shape index (κ3) is 3.12. The fraction of sp³-hybridized carbons (Fsp3) is 0.375. The van der Waals surface area contributed by atoms with Crippen molar-refractivity contribution in [3.63, 3.8) is 0 Å². The number of amides is 1. The molecule has 1 aliphatic rings. The molecule has 1 amide bonds. The molecule has 116 valence electrons. The number of aromatic nitrogens is 2. The third-order valence-electron chi connectivity index (χ3n) is 3.82. The number of carbonyl (C=O) groups is 1. The Bertz CT molecular complexity index is 627. The van der Waals surface area contributed by atoms with Crippen LogP contribution in [0.3, 0.4) is 0 Å². The Morgan fingerprint density at radius 3 is 3.18 bits per heavy atom. The number of methoxy groups -OCH3 is 1. The van der Waals surface area contributed by atoms with E-state index in [4.69, 9.17) is 9.47 Å². The number of ether oxygens (including phenoxy) is 2. The van der Waals surface area contributed by atoms with Gasteiger partial charge in [-0.2, -0.15) is 5.10 Å². The molecule has 2 aromatic rings. The van der Waals surface area contributed by atoms with Gasteiger partial charge in [0.25, 0.3) is 0 Å². The monoisotopic (exact) mass is 301 g/mol. The number of aromatic amines is 1. The van der Waals surface area contributed by atoms with E-state index in [9.17, 15) is 4.79 Å². The summed E-state index contributed by atoms with van der Waals surface area (Å²) < 4.78 is 10.7. The first-order valence-electron chi connectivity index (χ1n) is 7.27. The summed E-state index contributed by atoms with van der Waals surface area (Å²) in [4.78, 5) is 14.5. The van der Waals surface area contributed by atoms with Crippen LogP contribution in [0.25, 0.3) is 0 Å². The van der Waals surface area contributed by atoms with Gasteiger partial charge in [-0.15, -0.1) is 0 Å². The Morgan fingerprint density at radius 1 is 1.50 bits per heavy atom. The van der Waals surface area contributed by atoms with Crippen molar-refractivity contribution in [2.24, 2.45) is 0 Å². The maximum atomic E-state index is 12.7. The molecular formula is C16H19N3O3. The van der Waals surface area contributed by atoms with Gasteiger partial charge in [0.2, 0.25) is 5.91 Å². The highest BCUT2D eigenvalue weighted by molar-refractivity contribution is 5.79. The minimum Gasteiger partial charge on any atom is -0.497 e. The van der Waals surface area contributed by atoms with Crippen molar-refractivity contribution in [3.05, 3.63) is 47.8 Å². The fourth-order valence-electron chi connectivity index (χ4n) is 2.67. The number of carbonyl (C=O) groups excluding carboxylic acids is 1. The molecule has 1 aliphatic heterocycles. The van der Waals surface area contributed by atoms with Crippen molar-refractivity contribution in [3.8, 4) is 5.75 Å². The summed E-state index contributed by atoms with van der Waals surface area (Å²) >= 11 is 0. The van der Waals surface area contributed by atoms with Crippen LogP contribution in [0.15, 0.2) is 36.5 Å². The number of morpholine rings is 1. The molecule has 0 saturated carbocycles. The van der Waals surface area contributed by atoms with Gasteiger partial charge in [0, 0.05) is 12.7 Å².